The molecule has 0 aromatic heterocycles. The van der Waals surface area contributed by atoms with Gasteiger partial charge in [-0.25, -0.2) is 0 Å². The molecule has 74 valence electrons. The largest absolute Gasteiger partial charge is 0.483 e. The summed E-state index contributed by atoms with van der Waals surface area (Å²) in [5.41, 5.74) is 0. The zero-order valence-corrected chi connectivity index (χ0v) is 7.90. The summed E-state index contributed by atoms with van der Waals surface area (Å²) < 4.78 is 11.7. The Balaban J connectivity index is 1.91. The van der Waals surface area contributed by atoms with E-state index in [1.807, 2.05) is 24.3 Å². The highest BCUT2D eigenvalue weighted by atomic mass is 16.6. The normalized spacial score (nSPS) is 29.4. The zero-order chi connectivity index (χ0) is 9.38. The number of ether oxygens (including phenoxy) is 2. The van der Waals surface area contributed by atoms with Crippen molar-refractivity contribution in [3.05, 3.63) is 24.3 Å². The second-order valence-electron chi connectivity index (χ2n) is 3.75. The van der Waals surface area contributed by atoms with Gasteiger partial charge in [0.2, 0.25) is 0 Å². The Labute approximate surface area is 83.0 Å². The third kappa shape index (κ3) is 1.24. The molecule has 2 aliphatic rings. The lowest BCUT2D eigenvalue weighted by molar-refractivity contribution is 0.00253. The Morgan fingerprint density at radius 2 is 1.79 bits per heavy atom. The van der Waals surface area contributed by atoms with Crippen molar-refractivity contribution >= 4 is 0 Å². The van der Waals surface area contributed by atoms with Crippen LogP contribution in [0.25, 0.3) is 0 Å². The summed E-state index contributed by atoms with van der Waals surface area (Å²) in [5.74, 6) is 1.76. The van der Waals surface area contributed by atoms with Crippen LogP contribution in [0.5, 0.6) is 11.5 Å². The van der Waals surface area contributed by atoms with Gasteiger partial charge in [-0.1, -0.05) is 12.1 Å². The van der Waals surface area contributed by atoms with Gasteiger partial charge in [-0.3, -0.25) is 0 Å². The van der Waals surface area contributed by atoms with E-state index in [1.165, 1.54) is 0 Å². The van der Waals surface area contributed by atoms with Gasteiger partial charge >= 0.3 is 0 Å². The smallest absolute Gasteiger partial charge is 0.161 e. The van der Waals surface area contributed by atoms with Crippen LogP contribution in [-0.2, 0) is 0 Å². The van der Waals surface area contributed by atoms with E-state index in [-0.39, 0.29) is 12.2 Å². The number of piperidine rings is 1. The van der Waals surface area contributed by atoms with Gasteiger partial charge < -0.3 is 14.8 Å². The molecule has 3 rings (SSSR count). The molecule has 0 radical (unpaired) electrons. The molecule has 1 saturated heterocycles. The fraction of sp³-hybridized carbons (Fsp3) is 0.455. The standard InChI is InChI=1S/C11H13NO2/c1-2-4-9-8(3-1)13-10-5-6-12-7-11(10)14-9/h1-4,10-12H,5-7H2/t10-,11-/m1/s1. The minimum absolute atomic E-state index is 0.179. The van der Waals surface area contributed by atoms with E-state index in [0.29, 0.717) is 0 Å². The predicted octanol–water partition coefficient (Wildman–Crippen LogP) is 1.19. The van der Waals surface area contributed by atoms with Crippen LogP contribution in [0.2, 0.25) is 0 Å². The fourth-order valence-electron chi connectivity index (χ4n) is 2.03. The van der Waals surface area contributed by atoms with Crippen LogP contribution in [0.4, 0.5) is 0 Å². The Hall–Kier alpha value is -1.22. The van der Waals surface area contributed by atoms with Crippen LogP contribution in [0, 0.1) is 0 Å². The van der Waals surface area contributed by atoms with E-state index < -0.39 is 0 Å². The average Bonchev–Trinajstić information content (AvgIpc) is 2.26. The number of para-hydroxylation sites is 2. The molecule has 1 N–H and O–H groups in total. The van der Waals surface area contributed by atoms with Crippen LogP contribution < -0.4 is 14.8 Å². The maximum atomic E-state index is 5.87. The SMILES string of the molecule is c1ccc2c(c1)O[C@@H]1CCNC[C@H]1O2. The van der Waals surface area contributed by atoms with Crippen LogP contribution >= 0.6 is 0 Å². The number of hydrogen-bond acceptors (Lipinski definition) is 3. The van der Waals surface area contributed by atoms with Crippen LogP contribution in [0.15, 0.2) is 24.3 Å². The maximum Gasteiger partial charge on any atom is 0.161 e. The number of fused-ring (bicyclic) bond motifs is 2. The first-order chi connectivity index (χ1) is 6.93. The van der Waals surface area contributed by atoms with Crippen LogP contribution in [0.3, 0.4) is 0 Å². The molecule has 2 aliphatic heterocycles. The third-order valence-electron chi connectivity index (χ3n) is 2.77. The van der Waals surface area contributed by atoms with Gasteiger partial charge in [0.05, 0.1) is 0 Å². The molecule has 0 spiro atoms. The van der Waals surface area contributed by atoms with Gasteiger partial charge in [-0.2, -0.15) is 0 Å². The first-order valence-electron chi connectivity index (χ1n) is 5.06. The quantitative estimate of drug-likeness (QED) is 0.668. The Morgan fingerprint density at radius 3 is 2.57 bits per heavy atom. The molecule has 1 aromatic carbocycles. The molecule has 0 aliphatic carbocycles. The van der Waals surface area contributed by atoms with Crippen molar-refractivity contribution in [2.24, 2.45) is 0 Å². The molecule has 1 fully saturated rings. The van der Waals surface area contributed by atoms with E-state index in [9.17, 15) is 0 Å². The van der Waals surface area contributed by atoms with Gasteiger partial charge in [0.25, 0.3) is 0 Å². The summed E-state index contributed by atoms with van der Waals surface area (Å²) in [6.07, 6.45) is 1.43. The number of hydrogen-bond donors (Lipinski definition) is 1. The number of nitrogens with one attached hydrogen (secondary N) is 1. The molecule has 0 bridgehead atoms. The Morgan fingerprint density at radius 1 is 1.07 bits per heavy atom. The molecule has 14 heavy (non-hydrogen) atoms. The van der Waals surface area contributed by atoms with E-state index >= 15 is 0 Å². The van der Waals surface area contributed by atoms with E-state index in [2.05, 4.69) is 5.32 Å². The highest BCUT2D eigenvalue weighted by molar-refractivity contribution is 5.41. The molecule has 3 nitrogen and oxygen atoms in total. The van der Waals surface area contributed by atoms with Crippen molar-refractivity contribution in [3.63, 3.8) is 0 Å². The lowest BCUT2D eigenvalue weighted by Gasteiger charge is -2.37. The number of rotatable bonds is 0. The first kappa shape index (κ1) is 8.12. The highest BCUT2D eigenvalue weighted by Gasteiger charge is 2.33. The van der Waals surface area contributed by atoms with Gasteiger partial charge in [0.1, 0.15) is 12.2 Å². The van der Waals surface area contributed by atoms with Gasteiger partial charge in [-0.15, -0.1) is 0 Å². The van der Waals surface area contributed by atoms with E-state index in [0.717, 1.165) is 31.0 Å². The molecule has 0 saturated carbocycles. The number of benzene rings is 1. The van der Waals surface area contributed by atoms with E-state index in [1.54, 1.807) is 0 Å². The van der Waals surface area contributed by atoms with Crippen molar-refractivity contribution in [3.8, 4) is 11.5 Å². The Kier molecular flexibility index (Phi) is 1.84. The second kappa shape index (κ2) is 3.17. The van der Waals surface area contributed by atoms with Crippen LogP contribution in [0.1, 0.15) is 6.42 Å². The van der Waals surface area contributed by atoms with Crippen LogP contribution in [-0.4, -0.2) is 25.3 Å². The lowest BCUT2D eigenvalue weighted by atomic mass is 10.1. The maximum absolute atomic E-state index is 5.87. The summed E-state index contributed by atoms with van der Waals surface area (Å²) in [5, 5.41) is 3.31. The fourth-order valence-corrected chi connectivity index (χ4v) is 2.03. The minimum Gasteiger partial charge on any atom is -0.483 e. The summed E-state index contributed by atoms with van der Waals surface area (Å²) in [6, 6.07) is 7.87. The Bertz CT molecular complexity index is 307. The molecule has 2 heterocycles. The van der Waals surface area contributed by atoms with Gasteiger partial charge in [0.15, 0.2) is 11.5 Å². The summed E-state index contributed by atoms with van der Waals surface area (Å²) in [7, 11) is 0. The zero-order valence-electron chi connectivity index (χ0n) is 7.90. The molecular formula is C11H13NO2. The topological polar surface area (TPSA) is 30.5 Å². The second-order valence-corrected chi connectivity index (χ2v) is 3.75. The third-order valence-corrected chi connectivity index (χ3v) is 2.77. The molecule has 2 atom stereocenters. The molecular weight excluding hydrogens is 178 g/mol. The van der Waals surface area contributed by atoms with Crippen molar-refractivity contribution < 1.29 is 9.47 Å². The predicted molar refractivity (Wildman–Crippen MR) is 52.8 cm³/mol. The monoisotopic (exact) mass is 191 g/mol. The van der Waals surface area contributed by atoms with Gasteiger partial charge in [0, 0.05) is 13.0 Å². The average molecular weight is 191 g/mol. The summed E-state index contributed by atoms with van der Waals surface area (Å²) >= 11 is 0. The van der Waals surface area contributed by atoms with Crippen molar-refractivity contribution in [1.82, 2.24) is 5.32 Å². The summed E-state index contributed by atoms with van der Waals surface area (Å²) in [6.45, 7) is 1.91. The molecule has 0 unspecified atom stereocenters. The summed E-state index contributed by atoms with van der Waals surface area (Å²) in [4.78, 5) is 0. The highest BCUT2D eigenvalue weighted by Crippen LogP contribution is 2.34. The molecule has 1 aromatic rings. The van der Waals surface area contributed by atoms with Gasteiger partial charge in [-0.05, 0) is 18.7 Å². The van der Waals surface area contributed by atoms with Crippen molar-refractivity contribution in [1.29, 1.82) is 0 Å². The molecule has 0 amide bonds. The lowest BCUT2D eigenvalue weighted by Crippen LogP contribution is -2.51. The van der Waals surface area contributed by atoms with Crippen molar-refractivity contribution in [2.75, 3.05) is 13.1 Å². The van der Waals surface area contributed by atoms with Crippen molar-refractivity contribution in [2.45, 2.75) is 18.6 Å². The first-order valence-corrected chi connectivity index (χ1v) is 5.06. The minimum atomic E-state index is 0.179. The molecule has 3 heteroatoms. The van der Waals surface area contributed by atoms with E-state index in [4.69, 9.17) is 9.47 Å².